The van der Waals surface area contributed by atoms with Gasteiger partial charge in [-0.05, 0) is 54.6 Å². The fourth-order valence-electron chi connectivity index (χ4n) is 1.20. The number of benzene rings is 1. The molecule has 94 valence electrons. The molecule has 0 bridgehead atoms. The van der Waals surface area contributed by atoms with Crippen LogP contribution in [-0.2, 0) is 0 Å². The molecule has 0 saturated heterocycles. The van der Waals surface area contributed by atoms with Crippen LogP contribution < -0.4 is 0 Å². The largest absolute Gasteiger partial charge is 0.507 e. The van der Waals surface area contributed by atoms with E-state index < -0.39 is 5.54 Å². The number of phenolic OH excluding ortho intramolecular Hbond substituents is 1. The molecule has 0 aliphatic heterocycles. The maximum Gasteiger partial charge on any atom is 0.254 e. The highest BCUT2D eigenvalue weighted by molar-refractivity contribution is 14.1. The number of aromatic hydroxyl groups is 1. The van der Waals surface area contributed by atoms with Gasteiger partial charge in [-0.15, -0.1) is 11.6 Å². The number of nitrogens with zero attached hydrogens (tertiary/aromatic N) is 1. The molecule has 0 radical (unpaired) electrons. The maximum absolute atomic E-state index is 12.2. The van der Waals surface area contributed by atoms with E-state index in [1.54, 1.807) is 24.1 Å². The second-order valence-electron chi connectivity index (χ2n) is 4.48. The molecule has 1 aromatic carbocycles. The molecule has 1 N–H and O–H groups in total. The summed E-state index contributed by atoms with van der Waals surface area (Å²) in [5.41, 5.74) is 0.0423. The Morgan fingerprint density at radius 3 is 2.59 bits per heavy atom. The first-order valence-corrected chi connectivity index (χ1v) is 6.73. The summed E-state index contributed by atoms with van der Waals surface area (Å²) in [5.74, 6) is 0.321. The van der Waals surface area contributed by atoms with E-state index in [9.17, 15) is 9.90 Å². The van der Waals surface area contributed by atoms with E-state index in [-0.39, 0.29) is 11.7 Å². The predicted octanol–water partition coefficient (Wildman–Crippen LogP) is 3.09. The van der Waals surface area contributed by atoms with Crippen molar-refractivity contribution in [2.75, 3.05) is 12.9 Å². The Bertz CT molecular complexity index is 435. The van der Waals surface area contributed by atoms with E-state index in [1.165, 1.54) is 6.07 Å². The molecule has 0 fully saturated rings. The van der Waals surface area contributed by atoms with Gasteiger partial charge in [0.2, 0.25) is 0 Å². The fourth-order valence-corrected chi connectivity index (χ4v) is 1.72. The number of carbonyl (C=O) groups is 1. The number of amides is 1. The summed E-state index contributed by atoms with van der Waals surface area (Å²) in [6.07, 6.45) is 0. The molecular weight excluding hydrogens is 352 g/mol. The van der Waals surface area contributed by atoms with Crippen LogP contribution in [0.2, 0.25) is 0 Å². The van der Waals surface area contributed by atoms with Gasteiger partial charge in [-0.25, -0.2) is 0 Å². The van der Waals surface area contributed by atoms with Gasteiger partial charge in [0.25, 0.3) is 5.91 Å². The molecule has 17 heavy (non-hydrogen) atoms. The Morgan fingerprint density at radius 2 is 2.12 bits per heavy atom. The number of hydrogen-bond donors (Lipinski definition) is 1. The first kappa shape index (κ1) is 14.6. The van der Waals surface area contributed by atoms with Gasteiger partial charge in [0, 0.05) is 18.5 Å². The fraction of sp³-hybridized carbons (Fsp3) is 0.417. The molecule has 0 atom stereocenters. The first-order valence-electron chi connectivity index (χ1n) is 5.12. The summed E-state index contributed by atoms with van der Waals surface area (Å²) in [7, 11) is 1.71. The highest BCUT2D eigenvalue weighted by atomic mass is 127. The SMILES string of the molecule is CN(C(=O)c1ccc(I)c(O)c1)C(C)(C)CCl. The molecule has 1 amide bonds. The molecule has 0 unspecified atom stereocenters. The van der Waals surface area contributed by atoms with Crippen molar-refractivity contribution in [3.05, 3.63) is 27.3 Å². The van der Waals surface area contributed by atoms with E-state index in [2.05, 4.69) is 0 Å². The second-order valence-corrected chi connectivity index (χ2v) is 5.91. The van der Waals surface area contributed by atoms with E-state index in [0.29, 0.717) is 11.4 Å². The number of carbonyl (C=O) groups excluding carboxylic acids is 1. The zero-order valence-electron chi connectivity index (χ0n) is 10.00. The molecule has 1 aromatic rings. The summed E-state index contributed by atoms with van der Waals surface area (Å²) < 4.78 is 0.721. The van der Waals surface area contributed by atoms with Crippen molar-refractivity contribution < 1.29 is 9.90 Å². The minimum absolute atomic E-state index is 0.119. The van der Waals surface area contributed by atoms with Gasteiger partial charge in [-0.2, -0.15) is 0 Å². The highest BCUT2D eigenvalue weighted by Gasteiger charge is 2.27. The number of phenols is 1. The number of hydrogen-bond acceptors (Lipinski definition) is 2. The molecule has 3 nitrogen and oxygen atoms in total. The number of halogens is 2. The Morgan fingerprint density at radius 1 is 1.53 bits per heavy atom. The summed E-state index contributed by atoms with van der Waals surface area (Å²) >= 11 is 7.84. The molecule has 0 spiro atoms. The third kappa shape index (κ3) is 3.25. The van der Waals surface area contributed by atoms with Gasteiger partial charge >= 0.3 is 0 Å². The van der Waals surface area contributed by atoms with E-state index in [4.69, 9.17) is 11.6 Å². The lowest BCUT2D eigenvalue weighted by molar-refractivity contribution is 0.0660. The molecule has 1 rings (SSSR count). The van der Waals surface area contributed by atoms with Crippen molar-refractivity contribution in [2.24, 2.45) is 0 Å². The summed E-state index contributed by atoms with van der Waals surface area (Å²) in [6, 6.07) is 4.89. The highest BCUT2D eigenvalue weighted by Crippen LogP contribution is 2.23. The van der Waals surface area contributed by atoms with Crippen LogP contribution in [0.5, 0.6) is 5.75 Å². The molecule has 0 heterocycles. The summed E-state index contributed by atoms with van der Waals surface area (Å²) in [5, 5.41) is 9.59. The van der Waals surface area contributed by atoms with Crippen LogP contribution in [0.4, 0.5) is 0 Å². The topological polar surface area (TPSA) is 40.5 Å². The third-order valence-electron chi connectivity index (χ3n) is 2.73. The molecule has 0 saturated carbocycles. The van der Waals surface area contributed by atoms with Crippen molar-refractivity contribution in [1.82, 2.24) is 4.90 Å². The average molecular weight is 368 g/mol. The molecule has 0 aromatic heterocycles. The maximum atomic E-state index is 12.2. The van der Waals surface area contributed by atoms with Gasteiger partial charge in [-0.1, -0.05) is 0 Å². The van der Waals surface area contributed by atoms with Crippen molar-refractivity contribution in [1.29, 1.82) is 0 Å². The Kier molecular flexibility index (Phi) is 4.66. The van der Waals surface area contributed by atoms with E-state index in [1.807, 2.05) is 36.4 Å². The van der Waals surface area contributed by atoms with E-state index >= 15 is 0 Å². The Hall–Kier alpha value is -0.490. The summed E-state index contributed by atoms with van der Waals surface area (Å²) in [4.78, 5) is 13.8. The van der Waals surface area contributed by atoms with Gasteiger partial charge in [0.15, 0.2) is 0 Å². The minimum Gasteiger partial charge on any atom is -0.507 e. The zero-order valence-corrected chi connectivity index (χ0v) is 12.9. The van der Waals surface area contributed by atoms with Crippen LogP contribution in [-0.4, -0.2) is 34.4 Å². The van der Waals surface area contributed by atoms with Crippen LogP contribution in [0.15, 0.2) is 18.2 Å². The van der Waals surface area contributed by atoms with Crippen LogP contribution in [0, 0.1) is 3.57 Å². The Labute approximate surface area is 120 Å². The van der Waals surface area contributed by atoms with Gasteiger partial charge in [0.05, 0.1) is 9.11 Å². The number of rotatable bonds is 3. The quantitative estimate of drug-likeness (QED) is 0.659. The molecule has 0 aliphatic rings. The minimum atomic E-state index is -0.419. The van der Waals surface area contributed by atoms with Crippen LogP contribution in [0.1, 0.15) is 24.2 Å². The number of alkyl halides is 1. The summed E-state index contributed by atoms with van der Waals surface area (Å²) in [6.45, 7) is 3.79. The van der Waals surface area contributed by atoms with Gasteiger partial charge in [-0.3, -0.25) is 4.79 Å². The van der Waals surface area contributed by atoms with Crippen molar-refractivity contribution in [3.63, 3.8) is 0 Å². The van der Waals surface area contributed by atoms with Crippen LogP contribution in [0.25, 0.3) is 0 Å². The van der Waals surface area contributed by atoms with Crippen molar-refractivity contribution in [2.45, 2.75) is 19.4 Å². The Balaban J connectivity index is 3.01. The smallest absolute Gasteiger partial charge is 0.254 e. The zero-order chi connectivity index (χ0) is 13.2. The second kappa shape index (κ2) is 5.44. The third-order valence-corrected chi connectivity index (χ3v) is 4.30. The van der Waals surface area contributed by atoms with Gasteiger partial charge < -0.3 is 10.0 Å². The molecular formula is C12H15ClINO2. The lowest BCUT2D eigenvalue weighted by atomic mass is 10.0. The lowest BCUT2D eigenvalue weighted by Gasteiger charge is -2.34. The van der Waals surface area contributed by atoms with Crippen molar-refractivity contribution in [3.8, 4) is 5.75 Å². The van der Waals surface area contributed by atoms with Crippen LogP contribution in [0.3, 0.4) is 0 Å². The standard InChI is InChI=1S/C12H15ClINO2/c1-12(2,7-13)15(3)11(17)8-4-5-9(14)10(16)6-8/h4-6,16H,7H2,1-3H3. The molecule has 5 heteroatoms. The predicted molar refractivity (Wildman–Crippen MR) is 77.7 cm³/mol. The van der Waals surface area contributed by atoms with Crippen molar-refractivity contribution >= 4 is 40.1 Å². The monoisotopic (exact) mass is 367 g/mol. The van der Waals surface area contributed by atoms with Crippen LogP contribution >= 0.6 is 34.2 Å². The first-order chi connectivity index (χ1) is 7.79. The van der Waals surface area contributed by atoms with Gasteiger partial charge in [0.1, 0.15) is 5.75 Å². The average Bonchev–Trinajstić information content (AvgIpc) is 2.30. The normalized spacial score (nSPS) is 11.4. The van der Waals surface area contributed by atoms with E-state index in [0.717, 1.165) is 3.57 Å². The lowest BCUT2D eigenvalue weighted by Crippen LogP contribution is -2.46. The molecule has 0 aliphatic carbocycles.